The van der Waals surface area contributed by atoms with Gasteiger partial charge in [-0.25, -0.2) is 4.79 Å². The number of aliphatic carboxylic acids is 1. The molecule has 5 unspecified atom stereocenters. The van der Waals surface area contributed by atoms with E-state index in [-0.39, 0.29) is 18.8 Å². The van der Waals surface area contributed by atoms with E-state index in [2.05, 4.69) is 16.0 Å². The predicted molar refractivity (Wildman–Crippen MR) is 120 cm³/mol. The number of carboxylic acid groups (broad SMARTS) is 1. The third-order valence-electron chi connectivity index (χ3n) is 4.88. The molecule has 0 saturated carbocycles. The van der Waals surface area contributed by atoms with Crippen molar-refractivity contribution >= 4 is 23.7 Å². The van der Waals surface area contributed by atoms with E-state index in [1.54, 1.807) is 30.3 Å². The Bertz CT molecular complexity index is 801. The number of rotatable bonds is 13. The van der Waals surface area contributed by atoms with E-state index < -0.39 is 60.6 Å². The molecule has 184 valence electrons. The van der Waals surface area contributed by atoms with Gasteiger partial charge in [0.1, 0.15) is 24.2 Å². The number of carbonyl (C=O) groups is 4. The van der Waals surface area contributed by atoms with E-state index in [0.717, 1.165) is 5.56 Å². The van der Waals surface area contributed by atoms with Gasteiger partial charge in [-0.05, 0) is 24.8 Å². The van der Waals surface area contributed by atoms with Crippen molar-refractivity contribution in [3.63, 3.8) is 0 Å². The molecule has 0 aliphatic heterocycles. The molecule has 0 radical (unpaired) electrons. The zero-order chi connectivity index (χ0) is 25.1. The molecule has 0 aromatic heterocycles. The topological polar surface area (TPSA) is 191 Å². The van der Waals surface area contributed by atoms with Crippen LogP contribution >= 0.6 is 0 Å². The molecule has 3 amide bonds. The highest BCUT2D eigenvalue weighted by Crippen LogP contribution is 2.09. The van der Waals surface area contributed by atoms with E-state index >= 15 is 0 Å². The van der Waals surface area contributed by atoms with Gasteiger partial charge >= 0.3 is 5.97 Å². The minimum atomic E-state index is -1.52. The number of aliphatic hydroxyl groups excluding tert-OH is 2. The van der Waals surface area contributed by atoms with Crippen molar-refractivity contribution in [2.45, 2.75) is 63.9 Å². The molecule has 1 aromatic rings. The summed E-state index contributed by atoms with van der Waals surface area (Å²) in [6, 6.07) is 3.86. The van der Waals surface area contributed by atoms with Crippen LogP contribution < -0.4 is 21.7 Å². The Morgan fingerprint density at radius 2 is 1.39 bits per heavy atom. The third-order valence-corrected chi connectivity index (χ3v) is 4.88. The maximum atomic E-state index is 13.1. The molecule has 0 heterocycles. The number of carboxylic acids is 1. The largest absolute Gasteiger partial charge is 0.480 e. The summed E-state index contributed by atoms with van der Waals surface area (Å²) in [5.74, 6) is -3.64. The first-order valence-electron chi connectivity index (χ1n) is 10.7. The molecule has 0 saturated heterocycles. The summed E-state index contributed by atoms with van der Waals surface area (Å²) in [7, 11) is 0. The van der Waals surface area contributed by atoms with Gasteiger partial charge in [0.25, 0.3) is 0 Å². The van der Waals surface area contributed by atoms with Crippen LogP contribution in [0.1, 0.15) is 32.8 Å². The Labute approximate surface area is 192 Å². The number of hydrogen-bond donors (Lipinski definition) is 7. The van der Waals surface area contributed by atoms with Crippen LogP contribution in [0, 0.1) is 5.92 Å². The second-order valence-corrected chi connectivity index (χ2v) is 8.29. The van der Waals surface area contributed by atoms with Gasteiger partial charge in [0, 0.05) is 6.42 Å². The maximum Gasteiger partial charge on any atom is 0.328 e. The number of amides is 3. The highest BCUT2D eigenvalue weighted by Gasteiger charge is 2.31. The SMILES string of the molecule is CC(C)CC(NC(=O)C(Cc1ccccc1)NC(=O)C(N)C(C)O)C(=O)NC(CO)C(=O)O. The normalized spacial score (nSPS) is 15.6. The molecule has 1 rings (SSSR count). The molecule has 33 heavy (non-hydrogen) atoms. The fourth-order valence-electron chi connectivity index (χ4n) is 2.98. The first-order valence-corrected chi connectivity index (χ1v) is 10.7. The molecule has 8 N–H and O–H groups in total. The van der Waals surface area contributed by atoms with Crippen molar-refractivity contribution < 1.29 is 34.5 Å². The van der Waals surface area contributed by atoms with Crippen LogP contribution in [0.2, 0.25) is 0 Å². The second kappa shape index (κ2) is 13.5. The maximum absolute atomic E-state index is 13.1. The quantitative estimate of drug-likeness (QED) is 0.183. The number of benzene rings is 1. The Morgan fingerprint density at radius 1 is 0.879 bits per heavy atom. The summed E-state index contributed by atoms with van der Waals surface area (Å²) in [5.41, 5.74) is 6.41. The standard InChI is InChI=1S/C22H34N4O7/c1-12(2)9-15(19(29)26-17(11-27)22(32)33)24-20(30)16(10-14-7-5-4-6-8-14)25-21(31)18(23)13(3)28/h4-8,12-13,15-18,27-28H,9-11,23H2,1-3H3,(H,24,30)(H,25,31)(H,26,29)(H,32,33). The summed E-state index contributed by atoms with van der Waals surface area (Å²) < 4.78 is 0. The van der Waals surface area contributed by atoms with Crippen molar-refractivity contribution in [3.05, 3.63) is 35.9 Å². The van der Waals surface area contributed by atoms with Crippen LogP contribution in [0.5, 0.6) is 0 Å². The Kier molecular flexibility index (Phi) is 11.5. The van der Waals surface area contributed by atoms with Crippen molar-refractivity contribution in [1.29, 1.82) is 0 Å². The van der Waals surface area contributed by atoms with E-state index in [1.165, 1.54) is 6.92 Å². The highest BCUT2D eigenvalue weighted by molar-refractivity contribution is 5.94. The average molecular weight is 467 g/mol. The van der Waals surface area contributed by atoms with Crippen LogP contribution in [-0.2, 0) is 25.6 Å². The molecule has 11 heteroatoms. The Balaban J connectivity index is 3.08. The van der Waals surface area contributed by atoms with Crippen molar-refractivity contribution in [1.82, 2.24) is 16.0 Å². The van der Waals surface area contributed by atoms with Gasteiger partial charge in [-0.1, -0.05) is 44.2 Å². The smallest absolute Gasteiger partial charge is 0.328 e. The van der Waals surface area contributed by atoms with Crippen LogP contribution in [-0.4, -0.2) is 75.9 Å². The predicted octanol–water partition coefficient (Wildman–Crippen LogP) is -1.49. The summed E-state index contributed by atoms with van der Waals surface area (Å²) in [5, 5.41) is 35.1. The van der Waals surface area contributed by atoms with Gasteiger partial charge in [0.2, 0.25) is 17.7 Å². The van der Waals surface area contributed by atoms with E-state index in [4.69, 9.17) is 10.8 Å². The minimum absolute atomic E-state index is 0.0377. The molecule has 0 aliphatic carbocycles. The number of nitrogens with one attached hydrogen (secondary N) is 3. The molecule has 0 fully saturated rings. The van der Waals surface area contributed by atoms with Crippen molar-refractivity contribution in [2.75, 3.05) is 6.61 Å². The third kappa shape index (κ3) is 9.56. The van der Waals surface area contributed by atoms with Gasteiger partial charge in [0.15, 0.2) is 0 Å². The van der Waals surface area contributed by atoms with Crippen LogP contribution in [0.3, 0.4) is 0 Å². The summed E-state index contributed by atoms with van der Waals surface area (Å²) in [6.07, 6.45) is -0.861. The molecule has 0 aliphatic rings. The Morgan fingerprint density at radius 3 is 1.88 bits per heavy atom. The van der Waals surface area contributed by atoms with Crippen LogP contribution in [0.25, 0.3) is 0 Å². The van der Waals surface area contributed by atoms with Crippen LogP contribution in [0.4, 0.5) is 0 Å². The molecular formula is C22H34N4O7. The average Bonchev–Trinajstić information content (AvgIpc) is 2.75. The van der Waals surface area contributed by atoms with Gasteiger partial charge in [-0.3, -0.25) is 14.4 Å². The first-order chi connectivity index (χ1) is 15.5. The summed E-state index contributed by atoms with van der Waals surface area (Å²) in [6.45, 7) is 4.17. The lowest BCUT2D eigenvalue weighted by molar-refractivity contribution is -0.143. The fourth-order valence-corrected chi connectivity index (χ4v) is 2.98. The minimum Gasteiger partial charge on any atom is -0.480 e. The number of nitrogens with two attached hydrogens (primary N) is 1. The van der Waals surface area contributed by atoms with Crippen molar-refractivity contribution in [2.24, 2.45) is 11.7 Å². The zero-order valence-electron chi connectivity index (χ0n) is 19.0. The lowest BCUT2D eigenvalue weighted by atomic mass is 10.0. The summed E-state index contributed by atoms with van der Waals surface area (Å²) in [4.78, 5) is 49.3. The highest BCUT2D eigenvalue weighted by atomic mass is 16.4. The van der Waals surface area contributed by atoms with Crippen molar-refractivity contribution in [3.8, 4) is 0 Å². The molecular weight excluding hydrogens is 432 g/mol. The number of carbonyl (C=O) groups excluding carboxylic acids is 3. The first kappa shape index (κ1) is 28.0. The Hall–Kier alpha value is -3.02. The molecule has 1 aromatic carbocycles. The summed E-state index contributed by atoms with van der Waals surface area (Å²) >= 11 is 0. The monoisotopic (exact) mass is 466 g/mol. The van der Waals surface area contributed by atoms with E-state index in [0.29, 0.717) is 0 Å². The van der Waals surface area contributed by atoms with E-state index in [9.17, 15) is 29.4 Å². The molecule has 11 nitrogen and oxygen atoms in total. The molecule has 5 atom stereocenters. The molecule has 0 spiro atoms. The van der Waals surface area contributed by atoms with Gasteiger partial charge in [0.05, 0.1) is 12.7 Å². The lowest BCUT2D eigenvalue weighted by Crippen LogP contribution is -2.59. The fraction of sp³-hybridized carbons (Fsp3) is 0.545. The van der Waals surface area contributed by atoms with Gasteiger partial charge in [-0.2, -0.15) is 0 Å². The molecule has 0 bridgehead atoms. The second-order valence-electron chi connectivity index (χ2n) is 8.29. The van der Waals surface area contributed by atoms with Gasteiger partial charge in [-0.15, -0.1) is 0 Å². The lowest BCUT2D eigenvalue weighted by Gasteiger charge is -2.26. The number of hydrogen-bond acceptors (Lipinski definition) is 7. The number of aliphatic hydroxyl groups is 2. The van der Waals surface area contributed by atoms with E-state index in [1.807, 2.05) is 13.8 Å². The zero-order valence-corrected chi connectivity index (χ0v) is 19.0. The van der Waals surface area contributed by atoms with Gasteiger partial charge < -0.3 is 37.0 Å². The van der Waals surface area contributed by atoms with Crippen LogP contribution in [0.15, 0.2) is 30.3 Å².